The maximum absolute atomic E-state index is 12.5. The van der Waals surface area contributed by atoms with Gasteiger partial charge in [0.15, 0.2) is 0 Å². The molecule has 0 bridgehead atoms. The van der Waals surface area contributed by atoms with E-state index in [4.69, 9.17) is 5.73 Å². The molecule has 1 aromatic rings. The zero-order valence-electron chi connectivity index (χ0n) is 12.3. The van der Waals surface area contributed by atoms with Crippen molar-refractivity contribution in [3.05, 3.63) is 11.8 Å². The molecule has 1 aromatic heterocycles. The highest BCUT2D eigenvalue weighted by atomic mass is 32.2. The first-order chi connectivity index (χ1) is 11.5. The van der Waals surface area contributed by atoms with Crippen LogP contribution in [0.15, 0.2) is 16.9 Å². The fourth-order valence-corrected chi connectivity index (χ4v) is 5.24. The van der Waals surface area contributed by atoms with Gasteiger partial charge in [-0.15, -0.1) is 22.0 Å². The van der Waals surface area contributed by atoms with E-state index in [1.165, 1.54) is 34.5 Å². The summed E-state index contributed by atoms with van der Waals surface area (Å²) >= 11 is 2.73. The molecule has 2 aliphatic heterocycles. The molecular weight excluding hydrogens is 356 g/mol. The molecule has 2 unspecified atom stereocenters. The second-order valence-electron chi connectivity index (χ2n) is 5.21. The lowest BCUT2D eigenvalue weighted by Crippen LogP contribution is -2.63. The van der Waals surface area contributed by atoms with E-state index in [-0.39, 0.29) is 28.6 Å². The summed E-state index contributed by atoms with van der Waals surface area (Å²) in [4.78, 5) is 36.2. The molecule has 0 saturated carbocycles. The molecule has 0 aliphatic carbocycles. The summed E-state index contributed by atoms with van der Waals surface area (Å²) in [6.07, 6.45) is 2.03. The zero-order valence-corrected chi connectivity index (χ0v) is 13.9. The Morgan fingerprint density at radius 2 is 2.38 bits per heavy atom. The van der Waals surface area contributed by atoms with Crippen LogP contribution in [0.25, 0.3) is 0 Å². The van der Waals surface area contributed by atoms with Crippen LogP contribution in [0.1, 0.15) is 12.8 Å². The van der Waals surface area contributed by atoms with Gasteiger partial charge >= 0.3 is 5.97 Å². The highest BCUT2D eigenvalue weighted by Gasteiger charge is 2.55. The van der Waals surface area contributed by atoms with Crippen molar-refractivity contribution in [3.63, 3.8) is 0 Å². The summed E-state index contributed by atoms with van der Waals surface area (Å²) in [6, 6.07) is 0. The fourth-order valence-electron chi connectivity index (χ4n) is 2.71. The maximum atomic E-state index is 12.5. The first kappa shape index (κ1) is 16.8. The fraction of sp³-hybridized carbons (Fsp3) is 0.500. The first-order valence-electron chi connectivity index (χ1n) is 7.05. The van der Waals surface area contributed by atoms with E-state index in [0.717, 1.165) is 0 Å². The summed E-state index contributed by atoms with van der Waals surface area (Å²) in [5, 5.41) is 22.5. The number of carboxylic acid groups (broad SMARTS) is 1. The number of carbonyl (C=O) groups excluding carboxylic acids is 2. The van der Waals surface area contributed by atoms with Gasteiger partial charge in [0.2, 0.25) is 17.0 Å². The molecule has 12 heteroatoms. The van der Waals surface area contributed by atoms with E-state index in [9.17, 15) is 19.5 Å². The Morgan fingerprint density at radius 3 is 3.00 bits per heavy atom. The van der Waals surface area contributed by atoms with Crippen molar-refractivity contribution < 1.29 is 19.5 Å². The number of fused-ring (bicyclic) bond motifs is 1. The van der Waals surface area contributed by atoms with Crippen molar-refractivity contribution in [2.45, 2.75) is 28.6 Å². The minimum atomic E-state index is -1.12. The van der Waals surface area contributed by atoms with Gasteiger partial charge in [0, 0.05) is 17.4 Å². The molecule has 1 fully saturated rings. The minimum Gasteiger partial charge on any atom is -0.477 e. The number of nitrogens with two attached hydrogens (primary N) is 1. The number of hydrogen-bond donors (Lipinski definition) is 3. The van der Waals surface area contributed by atoms with Gasteiger partial charge in [0.25, 0.3) is 0 Å². The minimum absolute atomic E-state index is 0.0122. The summed E-state index contributed by atoms with van der Waals surface area (Å²) < 4.78 is 0. The SMILES string of the molecule is NC(=O)CCC(Sc1nn[nH]n1)C1C(=O)N2C(C(=O)O)=CCS[C@@H]12. The Labute approximate surface area is 144 Å². The van der Waals surface area contributed by atoms with Crippen LogP contribution in [0.5, 0.6) is 0 Å². The summed E-state index contributed by atoms with van der Waals surface area (Å²) in [7, 11) is 0. The highest BCUT2D eigenvalue weighted by molar-refractivity contribution is 8.01. The molecule has 24 heavy (non-hydrogen) atoms. The van der Waals surface area contributed by atoms with Gasteiger partial charge in [0.1, 0.15) is 5.70 Å². The van der Waals surface area contributed by atoms with Gasteiger partial charge in [-0.2, -0.15) is 5.21 Å². The predicted octanol–water partition coefficient (Wildman–Crippen LogP) is -0.574. The molecule has 3 atom stereocenters. The van der Waals surface area contributed by atoms with Gasteiger partial charge in [-0.1, -0.05) is 11.8 Å². The van der Waals surface area contributed by atoms with Crippen molar-refractivity contribution in [2.24, 2.45) is 11.7 Å². The summed E-state index contributed by atoms with van der Waals surface area (Å²) in [5.41, 5.74) is 5.23. The average molecular weight is 370 g/mol. The molecule has 2 aliphatic rings. The molecule has 10 nitrogen and oxygen atoms in total. The number of primary amides is 1. The molecule has 4 N–H and O–H groups in total. The Bertz CT molecular complexity index is 694. The number of β-lactam (4-membered cyclic amide) rings is 1. The molecule has 3 rings (SSSR count). The van der Waals surface area contributed by atoms with Gasteiger partial charge in [0.05, 0.1) is 11.3 Å². The predicted molar refractivity (Wildman–Crippen MR) is 84.6 cm³/mol. The normalized spacial score (nSPS) is 23.9. The Kier molecular flexibility index (Phi) is 4.76. The number of rotatable bonds is 7. The summed E-state index contributed by atoms with van der Waals surface area (Å²) in [5.74, 6) is -1.76. The monoisotopic (exact) mass is 370 g/mol. The number of aromatic nitrogens is 4. The Hall–Kier alpha value is -2.08. The molecule has 0 aromatic carbocycles. The third kappa shape index (κ3) is 3.11. The second kappa shape index (κ2) is 6.81. The number of hydrogen-bond acceptors (Lipinski definition) is 8. The lowest BCUT2D eigenvalue weighted by Gasteiger charge is -2.50. The van der Waals surface area contributed by atoms with Crippen LogP contribution in [0.3, 0.4) is 0 Å². The van der Waals surface area contributed by atoms with Crippen molar-refractivity contribution in [2.75, 3.05) is 5.75 Å². The molecule has 2 amide bonds. The van der Waals surface area contributed by atoms with Crippen LogP contribution in [0.4, 0.5) is 0 Å². The largest absolute Gasteiger partial charge is 0.477 e. The van der Waals surface area contributed by atoms with Crippen LogP contribution in [0.2, 0.25) is 0 Å². The lowest BCUT2D eigenvalue weighted by molar-refractivity contribution is -0.152. The molecule has 128 valence electrons. The van der Waals surface area contributed by atoms with E-state index in [0.29, 0.717) is 17.3 Å². The number of nitrogens with zero attached hydrogens (tertiary/aromatic N) is 4. The molecule has 1 saturated heterocycles. The van der Waals surface area contributed by atoms with Crippen molar-refractivity contribution in [3.8, 4) is 0 Å². The maximum Gasteiger partial charge on any atom is 0.352 e. The third-order valence-corrected chi connectivity index (χ3v) is 6.19. The first-order valence-corrected chi connectivity index (χ1v) is 8.98. The smallest absolute Gasteiger partial charge is 0.352 e. The van der Waals surface area contributed by atoms with Crippen molar-refractivity contribution in [1.29, 1.82) is 0 Å². The molecule has 0 radical (unpaired) electrons. The van der Waals surface area contributed by atoms with Crippen molar-refractivity contribution in [1.82, 2.24) is 25.5 Å². The van der Waals surface area contributed by atoms with Crippen molar-refractivity contribution >= 4 is 41.3 Å². The van der Waals surface area contributed by atoms with E-state index in [1.54, 1.807) is 0 Å². The zero-order chi connectivity index (χ0) is 17.3. The van der Waals surface area contributed by atoms with E-state index >= 15 is 0 Å². The standard InChI is InChI=1S/C12H14N6O4S2/c13-7(19)2-1-6(24-12-14-16-17-15-12)8-9(20)18-5(11(21)22)3-4-23-10(8)18/h3,6,8,10H,1-2,4H2,(H2,13,19)(H,21,22)(H,14,15,16,17)/t6?,8?,10-/m0/s1. The molecule has 0 spiro atoms. The number of H-pyrrole nitrogens is 1. The number of thioether (sulfide) groups is 2. The van der Waals surface area contributed by atoms with E-state index in [1.807, 2.05) is 0 Å². The summed E-state index contributed by atoms with van der Waals surface area (Å²) in [6.45, 7) is 0. The second-order valence-corrected chi connectivity index (χ2v) is 7.56. The van der Waals surface area contributed by atoms with E-state index in [2.05, 4.69) is 20.6 Å². The van der Waals surface area contributed by atoms with Gasteiger partial charge in [-0.25, -0.2) is 4.79 Å². The van der Waals surface area contributed by atoms with Crippen LogP contribution in [0, 0.1) is 5.92 Å². The van der Waals surface area contributed by atoms with Gasteiger partial charge in [-0.05, 0) is 17.7 Å². The number of carboxylic acids is 1. The number of nitrogens with one attached hydrogen (secondary N) is 1. The Balaban J connectivity index is 1.78. The van der Waals surface area contributed by atoms with Crippen LogP contribution >= 0.6 is 23.5 Å². The van der Waals surface area contributed by atoms with E-state index < -0.39 is 17.8 Å². The number of carbonyl (C=O) groups is 3. The lowest BCUT2D eigenvalue weighted by atomic mass is 9.90. The highest BCUT2D eigenvalue weighted by Crippen LogP contribution is 2.47. The van der Waals surface area contributed by atoms with Crippen LogP contribution in [-0.2, 0) is 14.4 Å². The number of amides is 2. The van der Waals surface area contributed by atoms with Crippen LogP contribution < -0.4 is 5.73 Å². The Morgan fingerprint density at radius 1 is 1.58 bits per heavy atom. The van der Waals surface area contributed by atoms with Crippen LogP contribution in [-0.4, -0.2) is 64.8 Å². The quantitative estimate of drug-likeness (QED) is 0.422. The third-order valence-electron chi connectivity index (χ3n) is 3.77. The topological polar surface area (TPSA) is 155 Å². The number of tetrazole rings is 1. The number of aromatic amines is 1. The molecular formula is C12H14N6O4S2. The number of aliphatic carboxylic acids is 1. The molecule has 3 heterocycles. The average Bonchev–Trinajstić information content (AvgIpc) is 3.04. The van der Waals surface area contributed by atoms with Gasteiger partial charge in [-0.3, -0.25) is 14.5 Å². The van der Waals surface area contributed by atoms with Gasteiger partial charge < -0.3 is 10.8 Å².